The summed E-state index contributed by atoms with van der Waals surface area (Å²) in [7, 11) is 0. The van der Waals surface area contributed by atoms with Crippen LogP contribution in [0.4, 0.5) is 0 Å². The van der Waals surface area contributed by atoms with Crippen LogP contribution in [0.5, 0.6) is 5.75 Å². The van der Waals surface area contributed by atoms with Gasteiger partial charge in [0, 0.05) is 39.4 Å². The minimum Gasteiger partial charge on any atom is -0.488 e. The molecule has 0 radical (unpaired) electrons. The van der Waals surface area contributed by atoms with Gasteiger partial charge in [-0.25, -0.2) is 0 Å². The van der Waals surface area contributed by atoms with Crippen LogP contribution >= 0.6 is 35.0 Å². The highest BCUT2D eigenvalue weighted by Gasteiger charge is 2.38. The number of fused-ring (bicyclic) bond motifs is 3. The molecule has 4 rings (SSSR count). The molecule has 2 aliphatic rings. The summed E-state index contributed by atoms with van der Waals surface area (Å²) < 4.78 is 6.40. The van der Waals surface area contributed by atoms with Crippen molar-refractivity contribution in [3.63, 3.8) is 0 Å². The smallest absolute Gasteiger partial charge is 0.137 e. The van der Waals surface area contributed by atoms with Crippen molar-refractivity contribution < 1.29 is 4.74 Å². The first-order chi connectivity index (χ1) is 12.5. The fourth-order valence-corrected chi connectivity index (χ4v) is 5.24. The Labute approximate surface area is 169 Å². The molecule has 2 atom stereocenters. The van der Waals surface area contributed by atoms with Crippen LogP contribution in [-0.2, 0) is 0 Å². The van der Waals surface area contributed by atoms with Crippen LogP contribution in [0.15, 0.2) is 35.2 Å². The first-order valence-electron chi connectivity index (χ1n) is 9.16. The average molecular weight is 408 g/mol. The SMILES string of the molecule is CC(C)CSc1cc(-c2ccc(Cl)cc2Cl)cc2c1OC1CCNCC21. The zero-order valence-electron chi connectivity index (χ0n) is 15.0. The average Bonchev–Trinajstić information content (AvgIpc) is 2.98. The maximum atomic E-state index is 6.50. The molecule has 0 amide bonds. The van der Waals surface area contributed by atoms with Crippen molar-refractivity contribution in [2.75, 3.05) is 18.8 Å². The molecule has 2 heterocycles. The Bertz CT molecular complexity index is 824. The molecule has 26 heavy (non-hydrogen) atoms. The van der Waals surface area contributed by atoms with E-state index < -0.39 is 0 Å². The molecule has 2 aromatic carbocycles. The van der Waals surface area contributed by atoms with Gasteiger partial charge >= 0.3 is 0 Å². The van der Waals surface area contributed by atoms with E-state index in [4.69, 9.17) is 27.9 Å². The zero-order chi connectivity index (χ0) is 18.3. The third-order valence-electron chi connectivity index (χ3n) is 4.99. The summed E-state index contributed by atoms with van der Waals surface area (Å²) in [5, 5.41) is 4.87. The molecule has 0 spiro atoms. The predicted molar refractivity (Wildman–Crippen MR) is 112 cm³/mol. The lowest BCUT2D eigenvalue weighted by Crippen LogP contribution is -2.37. The van der Waals surface area contributed by atoms with Crippen LogP contribution in [0.3, 0.4) is 0 Å². The molecule has 0 bridgehead atoms. The number of benzene rings is 2. The third-order valence-corrected chi connectivity index (χ3v) is 6.98. The molecule has 5 heteroatoms. The Kier molecular flexibility index (Phi) is 5.43. The second-order valence-corrected chi connectivity index (χ2v) is 9.38. The Morgan fingerprint density at radius 2 is 2.08 bits per heavy atom. The van der Waals surface area contributed by atoms with Gasteiger partial charge in [-0.3, -0.25) is 0 Å². The summed E-state index contributed by atoms with van der Waals surface area (Å²) in [6, 6.07) is 10.2. The summed E-state index contributed by atoms with van der Waals surface area (Å²) >= 11 is 14.5. The summed E-state index contributed by atoms with van der Waals surface area (Å²) in [4.78, 5) is 1.23. The molecule has 2 unspecified atom stereocenters. The van der Waals surface area contributed by atoms with Gasteiger partial charge in [0.25, 0.3) is 0 Å². The molecular formula is C21H23Cl2NOS. The molecule has 1 fully saturated rings. The van der Waals surface area contributed by atoms with E-state index in [0.717, 1.165) is 42.1 Å². The van der Waals surface area contributed by atoms with Crippen molar-refractivity contribution in [2.24, 2.45) is 5.92 Å². The Morgan fingerprint density at radius 3 is 2.85 bits per heavy atom. The van der Waals surface area contributed by atoms with Gasteiger partial charge in [0.1, 0.15) is 11.9 Å². The highest BCUT2D eigenvalue weighted by Crippen LogP contribution is 2.48. The zero-order valence-corrected chi connectivity index (χ0v) is 17.3. The number of thioether (sulfide) groups is 1. The van der Waals surface area contributed by atoms with E-state index in [9.17, 15) is 0 Å². The third kappa shape index (κ3) is 3.60. The second-order valence-electron chi connectivity index (χ2n) is 7.48. The molecule has 0 aliphatic carbocycles. The molecule has 1 N–H and O–H groups in total. The molecule has 1 saturated heterocycles. The van der Waals surface area contributed by atoms with E-state index in [1.54, 1.807) is 0 Å². The van der Waals surface area contributed by atoms with E-state index in [1.807, 2.05) is 30.0 Å². The monoisotopic (exact) mass is 407 g/mol. The topological polar surface area (TPSA) is 21.3 Å². The Hall–Kier alpha value is -0.870. The molecule has 2 aliphatic heterocycles. The second kappa shape index (κ2) is 7.63. The van der Waals surface area contributed by atoms with Crippen molar-refractivity contribution in [3.05, 3.63) is 45.9 Å². The minimum absolute atomic E-state index is 0.292. The molecule has 0 aromatic heterocycles. The number of halogens is 2. The van der Waals surface area contributed by atoms with Gasteiger partial charge in [-0.1, -0.05) is 43.1 Å². The Morgan fingerprint density at radius 1 is 1.23 bits per heavy atom. The van der Waals surface area contributed by atoms with E-state index in [-0.39, 0.29) is 0 Å². The number of piperidine rings is 1. The molecular weight excluding hydrogens is 385 g/mol. The number of ether oxygens (including phenoxy) is 1. The first-order valence-corrected chi connectivity index (χ1v) is 10.9. The summed E-state index contributed by atoms with van der Waals surface area (Å²) in [6.07, 6.45) is 1.35. The van der Waals surface area contributed by atoms with Crippen LogP contribution in [0.25, 0.3) is 11.1 Å². The van der Waals surface area contributed by atoms with Crippen LogP contribution in [-0.4, -0.2) is 24.9 Å². The van der Waals surface area contributed by atoms with Crippen molar-refractivity contribution in [1.29, 1.82) is 0 Å². The van der Waals surface area contributed by atoms with Crippen LogP contribution in [0.1, 0.15) is 31.7 Å². The van der Waals surface area contributed by atoms with Gasteiger partial charge < -0.3 is 10.1 Å². The molecule has 0 saturated carbocycles. The molecule has 138 valence electrons. The maximum Gasteiger partial charge on any atom is 0.137 e. The van der Waals surface area contributed by atoms with Crippen LogP contribution < -0.4 is 10.1 Å². The number of hydrogen-bond acceptors (Lipinski definition) is 3. The van der Waals surface area contributed by atoms with E-state index >= 15 is 0 Å². The van der Waals surface area contributed by atoms with Crippen molar-refractivity contribution in [3.8, 4) is 16.9 Å². The van der Waals surface area contributed by atoms with Gasteiger partial charge in [-0.05, 0) is 48.7 Å². The summed E-state index contributed by atoms with van der Waals surface area (Å²) in [6.45, 7) is 6.50. The lowest BCUT2D eigenvalue weighted by atomic mass is 9.89. The van der Waals surface area contributed by atoms with Gasteiger partial charge in [0.15, 0.2) is 0 Å². The summed E-state index contributed by atoms with van der Waals surface area (Å²) in [5.41, 5.74) is 3.49. The Balaban J connectivity index is 1.79. The fourth-order valence-electron chi connectivity index (χ4n) is 3.71. The highest BCUT2D eigenvalue weighted by molar-refractivity contribution is 7.99. The number of nitrogens with one attached hydrogen (secondary N) is 1. The predicted octanol–water partition coefficient (Wildman–Crippen LogP) is 6.25. The fraction of sp³-hybridized carbons (Fsp3) is 0.429. The number of rotatable bonds is 4. The lowest BCUT2D eigenvalue weighted by Gasteiger charge is -2.24. The first kappa shape index (κ1) is 18.5. The number of hydrogen-bond donors (Lipinski definition) is 1. The maximum absolute atomic E-state index is 6.50. The van der Waals surface area contributed by atoms with Gasteiger partial charge in [-0.15, -0.1) is 11.8 Å². The molecule has 2 aromatic rings. The van der Waals surface area contributed by atoms with Gasteiger partial charge in [0.05, 0.1) is 4.90 Å². The largest absolute Gasteiger partial charge is 0.488 e. The van der Waals surface area contributed by atoms with Crippen LogP contribution in [0.2, 0.25) is 10.0 Å². The van der Waals surface area contributed by atoms with Crippen LogP contribution in [0, 0.1) is 5.92 Å². The van der Waals surface area contributed by atoms with Gasteiger partial charge in [-0.2, -0.15) is 0 Å². The van der Waals surface area contributed by atoms with Gasteiger partial charge in [0.2, 0.25) is 0 Å². The quantitative estimate of drug-likeness (QED) is 0.605. The highest BCUT2D eigenvalue weighted by atomic mass is 35.5. The normalized spacial score (nSPS) is 21.4. The van der Waals surface area contributed by atoms with Crippen molar-refractivity contribution in [1.82, 2.24) is 5.32 Å². The molecule has 2 nitrogen and oxygen atoms in total. The van der Waals surface area contributed by atoms with E-state index in [2.05, 4.69) is 31.3 Å². The standard InChI is InChI=1S/C21H23Cl2NOS/c1-12(2)11-26-20-8-13(15-4-3-14(22)9-18(15)23)7-16-17-10-24-6-5-19(17)25-21(16)20/h3-4,7-9,12,17,19,24H,5-6,10-11H2,1-2H3. The van der Waals surface area contributed by atoms with Crippen molar-refractivity contribution in [2.45, 2.75) is 37.2 Å². The van der Waals surface area contributed by atoms with E-state index in [0.29, 0.717) is 28.0 Å². The van der Waals surface area contributed by atoms with Crippen molar-refractivity contribution >= 4 is 35.0 Å². The summed E-state index contributed by atoms with van der Waals surface area (Å²) in [5.74, 6) is 3.21. The lowest BCUT2D eigenvalue weighted by molar-refractivity contribution is 0.169. The van der Waals surface area contributed by atoms with E-state index in [1.165, 1.54) is 10.5 Å². The minimum atomic E-state index is 0.292.